The highest BCUT2D eigenvalue weighted by molar-refractivity contribution is 4.79. The third-order valence-electron chi connectivity index (χ3n) is 5.25. The van der Waals surface area contributed by atoms with Crippen LogP contribution >= 0.6 is 0 Å². The molecule has 126 valence electrons. The van der Waals surface area contributed by atoms with Crippen LogP contribution in [0.25, 0.3) is 0 Å². The highest BCUT2D eigenvalue weighted by Gasteiger charge is 2.25. The zero-order valence-corrected chi connectivity index (χ0v) is 15.2. The smallest absolute Gasteiger partial charge is 0.00953 e. The maximum Gasteiger partial charge on any atom is 0.00953 e. The summed E-state index contributed by atoms with van der Waals surface area (Å²) < 4.78 is 0. The lowest BCUT2D eigenvalue weighted by Gasteiger charge is -2.28. The van der Waals surface area contributed by atoms with Gasteiger partial charge in [0.15, 0.2) is 0 Å². The molecule has 0 saturated carbocycles. The standard InChI is InChI=1S/C20H41N/c1-4-6-8-10-12-14-20(15-13-11-9-7-5-2)21-17-16-19(3)18-21/h19-20H,4-18H2,1-3H3. The van der Waals surface area contributed by atoms with Crippen LogP contribution in [-0.2, 0) is 0 Å². The monoisotopic (exact) mass is 295 g/mol. The first kappa shape index (κ1) is 19.0. The molecule has 1 heteroatoms. The maximum atomic E-state index is 2.82. The molecule has 0 amide bonds. The van der Waals surface area contributed by atoms with Crippen LogP contribution < -0.4 is 0 Å². The van der Waals surface area contributed by atoms with E-state index in [1.807, 2.05) is 0 Å². The Morgan fingerprint density at radius 2 is 1.33 bits per heavy atom. The molecule has 21 heavy (non-hydrogen) atoms. The summed E-state index contributed by atoms with van der Waals surface area (Å²) in [6.07, 6.45) is 18.7. The van der Waals surface area contributed by atoms with Crippen molar-refractivity contribution in [3.8, 4) is 0 Å². The van der Waals surface area contributed by atoms with Crippen molar-refractivity contribution in [1.29, 1.82) is 0 Å². The second-order valence-electron chi connectivity index (χ2n) is 7.45. The van der Waals surface area contributed by atoms with Crippen LogP contribution in [0.15, 0.2) is 0 Å². The molecule has 0 aromatic carbocycles. The molecule has 0 aromatic heterocycles. The highest BCUT2D eigenvalue weighted by atomic mass is 15.2. The molecule has 1 fully saturated rings. The highest BCUT2D eigenvalue weighted by Crippen LogP contribution is 2.24. The van der Waals surface area contributed by atoms with Crippen molar-refractivity contribution >= 4 is 0 Å². The first-order valence-corrected chi connectivity index (χ1v) is 10.0. The molecule has 0 radical (unpaired) electrons. The van der Waals surface area contributed by atoms with Crippen LogP contribution in [0.5, 0.6) is 0 Å². The predicted molar refractivity (Wildman–Crippen MR) is 95.9 cm³/mol. The van der Waals surface area contributed by atoms with Crippen LogP contribution in [0, 0.1) is 5.92 Å². The first-order chi connectivity index (χ1) is 10.3. The third-order valence-corrected chi connectivity index (χ3v) is 5.25. The van der Waals surface area contributed by atoms with Gasteiger partial charge < -0.3 is 4.90 Å². The number of hydrogen-bond donors (Lipinski definition) is 0. The lowest BCUT2D eigenvalue weighted by Crippen LogP contribution is -2.33. The van der Waals surface area contributed by atoms with Gasteiger partial charge >= 0.3 is 0 Å². The zero-order valence-electron chi connectivity index (χ0n) is 15.2. The summed E-state index contributed by atoms with van der Waals surface area (Å²) in [6, 6.07) is 0.901. The maximum absolute atomic E-state index is 2.82. The normalized spacial score (nSPS) is 19.7. The van der Waals surface area contributed by atoms with Gasteiger partial charge in [0.2, 0.25) is 0 Å². The second-order valence-corrected chi connectivity index (χ2v) is 7.45. The molecule has 1 nitrogen and oxygen atoms in total. The molecule has 1 rings (SSSR count). The molecule has 0 aliphatic carbocycles. The van der Waals surface area contributed by atoms with Crippen molar-refractivity contribution in [2.45, 2.75) is 110 Å². The van der Waals surface area contributed by atoms with Gasteiger partial charge in [-0.3, -0.25) is 0 Å². The van der Waals surface area contributed by atoms with Gasteiger partial charge in [-0.15, -0.1) is 0 Å². The molecule has 1 aliphatic heterocycles. The van der Waals surface area contributed by atoms with E-state index in [1.165, 1.54) is 96.6 Å². The van der Waals surface area contributed by atoms with Crippen molar-refractivity contribution in [3.63, 3.8) is 0 Å². The van der Waals surface area contributed by atoms with Gasteiger partial charge in [-0.1, -0.05) is 85.0 Å². The van der Waals surface area contributed by atoms with E-state index in [4.69, 9.17) is 0 Å². The first-order valence-electron chi connectivity index (χ1n) is 10.0. The number of rotatable bonds is 13. The summed E-state index contributed by atoms with van der Waals surface area (Å²) in [6.45, 7) is 9.79. The average Bonchev–Trinajstić information content (AvgIpc) is 2.91. The lowest BCUT2D eigenvalue weighted by molar-refractivity contribution is 0.204. The quantitative estimate of drug-likeness (QED) is 0.354. The zero-order chi connectivity index (χ0) is 15.3. The summed E-state index contributed by atoms with van der Waals surface area (Å²) >= 11 is 0. The molecule has 0 spiro atoms. The van der Waals surface area contributed by atoms with Gasteiger partial charge in [0.25, 0.3) is 0 Å². The molecule has 1 unspecified atom stereocenters. The van der Waals surface area contributed by atoms with E-state index in [9.17, 15) is 0 Å². The molecular weight excluding hydrogens is 254 g/mol. The molecule has 0 N–H and O–H groups in total. The van der Waals surface area contributed by atoms with E-state index >= 15 is 0 Å². The van der Waals surface area contributed by atoms with Crippen molar-refractivity contribution in [3.05, 3.63) is 0 Å². The SMILES string of the molecule is CCCCCCCC(CCCCCCC)N1CCC(C)C1. The Labute approximate surface area is 134 Å². The van der Waals surface area contributed by atoms with Crippen LogP contribution in [0.4, 0.5) is 0 Å². The van der Waals surface area contributed by atoms with E-state index in [2.05, 4.69) is 25.7 Å². The number of likely N-dealkylation sites (tertiary alicyclic amines) is 1. The number of unbranched alkanes of at least 4 members (excludes halogenated alkanes) is 8. The molecule has 1 aliphatic rings. The minimum atomic E-state index is 0.901. The Hall–Kier alpha value is -0.0400. The Morgan fingerprint density at radius 3 is 1.76 bits per heavy atom. The summed E-state index contributed by atoms with van der Waals surface area (Å²) in [5.74, 6) is 0.938. The number of nitrogens with zero attached hydrogens (tertiary/aromatic N) is 1. The van der Waals surface area contributed by atoms with Gasteiger partial charge in [0, 0.05) is 12.6 Å². The van der Waals surface area contributed by atoms with Gasteiger partial charge in [-0.25, -0.2) is 0 Å². The van der Waals surface area contributed by atoms with Gasteiger partial charge in [0.1, 0.15) is 0 Å². The fourth-order valence-electron chi connectivity index (χ4n) is 3.78. The van der Waals surface area contributed by atoms with E-state index in [0.717, 1.165) is 12.0 Å². The van der Waals surface area contributed by atoms with Crippen molar-refractivity contribution in [2.75, 3.05) is 13.1 Å². The summed E-state index contributed by atoms with van der Waals surface area (Å²) in [5.41, 5.74) is 0. The van der Waals surface area contributed by atoms with E-state index in [1.54, 1.807) is 0 Å². The fourth-order valence-corrected chi connectivity index (χ4v) is 3.78. The average molecular weight is 296 g/mol. The topological polar surface area (TPSA) is 3.24 Å². The Morgan fingerprint density at radius 1 is 0.810 bits per heavy atom. The minimum absolute atomic E-state index is 0.901. The van der Waals surface area contributed by atoms with E-state index in [0.29, 0.717) is 0 Å². The minimum Gasteiger partial charge on any atom is -0.300 e. The molecule has 0 aromatic rings. The van der Waals surface area contributed by atoms with Crippen molar-refractivity contribution < 1.29 is 0 Å². The largest absolute Gasteiger partial charge is 0.300 e. The van der Waals surface area contributed by atoms with Crippen molar-refractivity contribution in [2.24, 2.45) is 5.92 Å². The number of hydrogen-bond acceptors (Lipinski definition) is 1. The Kier molecular flexibility index (Phi) is 11.3. The summed E-state index contributed by atoms with van der Waals surface area (Å²) in [7, 11) is 0. The van der Waals surface area contributed by atoms with Crippen LogP contribution in [0.3, 0.4) is 0 Å². The predicted octanol–water partition coefficient (Wildman–Crippen LogP) is 6.42. The van der Waals surface area contributed by atoms with Gasteiger partial charge in [0.05, 0.1) is 0 Å². The molecule has 0 bridgehead atoms. The van der Waals surface area contributed by atoms with Gasteiger partial charge in [-0.2, -0.15) is 0 Å². The fraction of sp³-hybridized carbons (Fsp3) is 1.00. The van der Waals surface area contributed by atoms with Crippen LogP contribution in [0.1, 0.15) is 104 Å². The van der Waals surface area contributed by atoms with Crippen LogP contribution in [0.2, 0.25) is 0 Å². The molecule has 1 saturated heterocycles. The van der Waals surface area contributed by atoms with E-state index < -0.39 is 0 Å². The second kappa shape index (κ2) is 12.5. The molecule has 1 atom stereocenters. The molecule has 1 heterocycles. The summed E-state index contributed by atoms with van der Waals surface area (Å²) in [4.78, 5) is 2.82. The van der Waals surface area contributed by atoms with Gasteiger partial charge in [-0.05, 0) is 31.7 Å². The van der Waals surface area contributed by atoms with Crippen LogP contribution in [-0.4, -0.2) is 24.0 Å². The van der Waals surface area contributed by atoms with E-state index in [-0.39, 0.29) is 0 Å². The third kappa shape index (κ3) is 8.86. The molecular formula is C20H41N. The summed E-state index contributed by atoms with van der Waals surface area (Å²) in [5, 5.41) is 0. The van der Waals surface area contributed by atoms with Crippen molar-refractivity contribution in [1.82, 2.24) is 4.90 Å². The Bertz CT molecular complexity index is 212. The lowest BCUT2D eigenvalue weighted by atomic mass is 9.99. The Balaban J connectivity index is 2.21.